The summed E-state index contributed by atoms with van der Waals surface area (Å²) in [4.78, 5) is 0. The van der Waals surface area contributed by atoms with Crippen LogP contribution in [0.25, 0.3) is 0 Å². The molecule has 0 saturated carbocycles. The first-order chi connectivity index (χ1) is 8.22. The van der Waals surface area contributed by atoms with Gasteiger partial charge in [0.2, 0.25) is 0 Å². The highest BCUT2D eigenvalue weighted by atomic mass is 16.5. The lowest BCUT2D eigenvalue weighted by Gasteiger charge is -2.07. The molecule has 0 bridgehead atoms. The Morgan fingerprint density at radius 2 is 2.18 bits per heavy atom. The van der Waals surface area contributed by atoms with E-state index in [9.17, 15) is 0 Å². The van der Waals surface area contributed by atoms with Crippen molar-refractivity contribution in [2.45, 2.75) is 52.6 Å². The molecule has 0 aromatic carbocycles. The molecular weight excluding hydrogens is 214 g/mol. The Balaban J connectivity index is 1.97. The van der Waals surface area contributed by atoms with E-state index < -0.39 is 0 Å². The first-order valence-corrected chi connectivity index (χ1v) is 6.61. The Morgan fingerprint density at radius 3 is 2.82 bits per heavy atom. The van der Waals surface area contributed by atoms with Crippen molar-refractivity contribution in [3.05, 3.63) is 12.4 Å². The van der Waals surface area contributed by atoms with Crippen molar-refractivity contribution in [3.8, 4) is 5.75 Å². The second kappa shape index (κ2) is 8.12. The van der Waals surface area contributed by atoms with Crippen LogP contribution in [0.3, 0.4) is 0 Å². The highest BCUT2D eigenvalue weighted by Gasteiger charge is 1.98. The van der Waals surface area contributed by atoms with E-state index in [1.807, 2.05) is 10.9 Å². The van der Waals surface area contributed by atoms with Crippen molar-refractivity contribution < 1.29 is 4.74 Å². The summed E-state index contributed by atoms with van der Waals surface area (Å²) in [6.07, 6.45) is 7.26. The molecule has 98 valence electrons. The second-order valence-corrected chi connectivity index (χ2v) is 4.55. The average Bonchev–Trinajstić information content (AvgIpc) is 2.75. The molecule has 0 aliphatic carbocycles. The molecule has 1 aromatic heterocycles. The van der Waals surface area contributed by atoms with E-state index in [1.54, 1.807) is 6.20 Å². The number of hydrogen-bond donors (Lipinski definition) is 1. The molecule has 4 heteroatoms. The molecule has 1 heterocycles. The van der Waals surface area contributed by atoms with Crippen molar-refractivity contribution >= 4 is 0 Å². The Bertz CT molecular complexity index is 297. The van der Waals surface area contributed by atoms with Gasteiger partial charge in [0.1, 0.15) is 0 Å². The Labute approximate surface area is 104 Å². The van der Waals surface area contributed by atoms with Crippen LogP contribution in [0.2, 0.25) is 0 Å². The lowest BCUT2D eigenvalue weighted by Crippen LogP contribution is -2.23. The molecule has 1 aromatic rings. The van der Waals surface area contributed by atoms with Crippen LogP contribution in [0.1, 0.15) is 40.0 Å². The van der Waals surface area contributed by atoms with Gasteiger partial charge in [-0.05, 0) is 32.7 Å². The average molecular weight is 239 g/mol. The molecule has 4 nitrogen and oxygen atoms in total. The molecule has 0 saturated heterocycles. The van der Waals surface area contributed by atoms with Gasteiger partial charge in [-0.2, -0.15) is 5.10 Å². The van der Waals surface area contributed by atoms with Gasteiger partial charge in [0, 0.05) is 12.6 Å². The van der Waals surface area contributed by atoms with E-state index in [2.05, 4.69) is 31.2 Å². The molecule has 0 radical (unpaired) electrons. The molecule has 1 N–H and O–H groups in total. The SMILES string of the molecule is CCn1cc(OCCCCCNC(C)C)cn1. The van der Waals surface area contributed by atoms with E-state index in [0.29, 0.717) is 6.04 Å². The Morgan fingerprint density at radius 1 is 1.35 bits per heavy atom. The number of hydrogen-bond acceptors (Lipinski definition) is 3. The molecule has 0 aliphatic heterocycles. The van der Waals surface area contributed by atoms with Gasteiger partial charge < -0.3 is 10.1 Å². The standard InChI is InChI=1S/C13H25N3O/c1-4-16-11-13(10-15-16)17-9-7-5-6-8-14-12(2)3/h10-12,14H,4-9H2,1-3H3. The summed E-state index contributed by atoms with van der Waals surface area (Å²) in [6, 6.07) is 0.589. The van der Waals surface area contributed by atoms with Gasteiger partial charge in [-0.1, -0.05) is 13.8 Å². The fourth-order valence-electron chi connectivity index (χ4n) is 1.58. The van der Waals surface area contributed by atoms with Crippen molar-refractivity contribution in [1.29, 1.82) is 0 Å². The smallest absolute Gasteiger partial charge is 0.157 e. The maximum atomic E-state index is 5.61. The molecule has 0 fully saturated rings. The largest absolute Gasteiger partial charge is 0.490 e. The van der Waals surface area contributed by atoms with Gasteiger partial charge >= 0.3 is 0 Å². The number of nitrogens with one attached hydrogen (secondary N) is 1. The van der Waals surface area contributed by atoms with E-state index in [4.69, 9.17) is 4.74 Å². The first kappa shape index (κ1) is 14.0. The van der Waals surface area contributed by atoms with Crippen LogP contribution in [0.4, 0.5) is 0 Å². The fourth-order valence-corrected chi connectivity index (χ4v) is 1.58. The summed E-state index contributed by atoms with van der Waals surface area (Å²) in [5.74, 6) is 0.882. The van der Waals surface area contributed by atoms with Crippen molar-refractivity contribution in [3.63, 3.8) is 0 Å². The number of aromatic nitrogens is 2. The van der Waals surface area contributed by atoms with Gasteiger partial charge in [0.25, 0.3) is 0 Å². The zero-order chi connectivity index (χ0) is 12.5. The third-order valence-electron chi connectivity index (χ3n) is 2.58. The summed E-state index contributed by atoms with van der Waals surface area (Å²) in [6.45, 7) is 9.20. The maximum Gasteiger partial charge on any atom is 0.157 e. The molecule has 0 atom stereocenters. The molecule has 17 heavy (non-hydrogen) atoms. The van der Waals surface area contributed by atoms with Gasteiger partial charge in [0.15, 0.2) is 5.75 Å². The molecule has 0 aliphatic rings. The molecular formula is C13H25N3O. The minimum Gasteiger partial charge on any atom is -0.490 e. The number of unbranched alkanes of at least 4 members (excludes halogenated alkanes) is 2. The summed E-state index contributed by atoms with van der Waals surface area (Å²) in [5, 5.41) is 7.57. The number of nitrogens with zero attached hydrogens (tertiary/aromatic N) is 2. The number of ether oxygens (including phenoxy) is 1. The number of rotatable bonds is 9. The summed E-state index contributed by atoms with van der Waals surface area (Å²) in [7, 11) is 0. The quantitative estimate of drug-likeness (QED) is 0.673. The number of aryl methyl sites for hydroxylation is 1. The highest BCUT2D eigenvalue weighted by Crippen LogP contribution is 2.08. The first-order valence-electron chi connectivity index (χ1n) is 6.61. The lowest BCUT2D eigenvalue weighted by molar-refractivity contribution is 0.304. The van der Waals surface area contributed by atoms with Crippen LogP contribution in [0.15, 0.2) is 12.4 Å². The minimum atomic E-state index is 0.589. The topological polar surface area (TPSA) is 39.1 Å². The van der Waals surface area contributed by atoms with Crippen LogP contribution >= 0.6 is 0 Å². The second-order valence-electron chi connectivity index (χ2n) is 4.55. The van der Waals surface area contributed by atoms with Crippen LogP contribution in [-0.2, 0) is 6.54 Å². The van der Waals surface area contributed by atoms with Gasteiger partial charge in [-0.3, -0.25) is 4.68 Å². The predicted molar refractivity (Wildman–Crippen MR) is 70.4 cm³/mol. The monoisotopic (exact) mass is 239 g/mol. The zero-order valence-corrected chi connectivity index (χ0v) is 11.3. The van der Waals surface area contributed by atoms with Gasteiger partial charge in [-0.15, -0.1) is 0 Å². The van der Waals surface area contributed by atoms with E-state index in [-0.39, 0.29) is 0 Å². The van der Waals surface area contributed by atoms with Crippen molar-refractivity contribution in [1.82, 2.24) is 15.1 Å². The van der Waals surface area contributed by atoms with E-state index in [0.717, 1.165) is 31.9 Å². The van der Waals surface area contributed by atoms with Crippen molar-refractivity contribution in [2.24, 2.45) is 0 Å². The van der Waals surface area contributed by atoms with Crippen LogP contribution in [0, 0.1) is 0 Å². The Hall–Kier alpha value is -1.03. The van der Waals surface area contributed by atoms with Crippen LogP contribution in [-0.4, -0.2) is 29.0 Å². The van der Waals surface area contributed by atoms with Gasteiger partial charge in [-0.25, -0.2) is 0 Å². The molecule has 0 unspecified atom stereocenters. The van der Waals surface area contributed by atoms with Crippen molar-refractivity contribution in [2.75, 3.05) is 13.2 Å². The van der Waals surface area contributed by atoms with E-state index in [1.165, 1.54) is 12.8 Å². The summed E-state index contributed by atoms with van der Waals surface area (Å²) < 4.78 is 7.49. The third kappa shape index (κ3) is 6.31. The molecule has 0 amide bonds. The molecule has 0 spiro atoms. The van der Waals surface area contributed by atoms with Gasteiger partial charge in [0.05, 0.1) is 19.0 Å². The normalized spacial score (nSPS) is 11.1. The summed E-state index contributed by atoms with van der Waals surface area (Å²) in [5.41, 5.74) is 0. The third-order valence-corrected chi connectivity index (χ3v) is 2.58. The minimum absolute atomic E-state index is 0.589. The molecule has 1 rings (SSSR count). The van der Waals surface area contributed by atoms with Crippen LogP contribution in [0.5, 0.6) is 5.75 Å². The van der Waals surface area contributed by atoms with E-state index >= 15 is 0 Å². The fraction of sp³-hybridized carbons (Fsp3) is 0.769. The highest BCUT2D eigenvalue weighted by molar-refractivity contribution is 5.11. The Kier molecular flexibility index (Phi) is 6.70. The summed E-state index contributed by atoms with van der Waals surface area (Å²) >= 11 is 0. The predicted octanol–water partition coefficient (Wildman–Crippen LogP) is 2.45. The van der Waals surface area contributed by atoms with Crippen LogP contribution < -0.4 is 10.1 Å². The zero-order valence-electron chi connectivity index (χ0n) is 11.3. The maximum absolute atomic E-state index is 5.61. The lowest BCUT2D eigenvalue weighted by atomic mass is 10.2.